The normalized spacial score (nSPS) is 20.2. The summed E-state index contributed by atoms with van der Waals surface area (Å²) in [4.78, 5) is 15.1. The SMILES string of the molecule is CS(=O)(=O)N(c1cccc(C(=O)NC2CCS(O)(O)C2)c1)C1CN(C(c2ccc(Cl)cc2)c2ccc(Cl)cc2)C1. The fourth-order valence-corrected chi connectivity index (χ4v) is 8.56. The summed E-state index contributed by atoms with van der Waals surface area (Å²) in [5, 5.41) is 4.11. The van der Waals surface area contributed by atoms with Gasteiger partial charge < -0.3 is 5.32 Å². The monoisotopic (exact) mass is 623 g/mol. The van der Waals surface area contributed by atoms with Crippen molar-refractivity contribution in [2.45, 2.75) is 24.5 Å². The Bertz CT molecular complexity index is 1440. The average Bonchev–Trinajstić information content (AvgIpc) is 3.21. The van der Waals surface area contributed by atoms with E-state index in [9.17, 15) is 22.3 Å². The predicted octanol–water partition coefficient (Wildman–Crippen LogP) is 5.49. The van der Waals surface area contributed by atoms with Crippen LogP contribution in [0.2, 0.25) is 10.0 Å². The van der Waals surface area contributed by atoms with Gasteiger partial charge in [-0.2, -0.15) is 10.6 Å². The molecule has 1 unspecified atom stereocenters. The molecule has 1 amide bonds. The molecule has 40 heavy (non-hydrogen) atoms. The number of benzene rings is 3. The first kappa shape index (κ1) is 29.2. The Kier molecular flexibility index (Phi) is 8.41. The zero-order valence-corrected chi connectivity index (χ0v) is 24.9. The first-order valence-corrected chi connectivity index (χ1v) is 17.3. The third-order valence-corrected chi connectivity index (χ3v) is 10.8. The van der Waals surface area contributed by atoms with Gasteiger partial charge in [-0.15, -0.1) is 0 Å². The van der Waals surface area contributed by atoms with Crippen molar-refractivity contribution < 1.29 is 22.3 Å². The molecule has 8 nitrogen and oxygen atoms in total. The van der Waals surface area contributed by atoms with Crippen LogP contribution in [-0.2, 0) is 10.0 Å². The van der Waals surface area contributed by atoms with Crippen LogP contribution in [0.3, 0.4) is 0 Å². The van der Waals surface area contributed by atoms with E-state index in [1.54, 1.807) is 24.3 Å². The Morgan fingerprint density at radius 1 is 1.00 bits per heavy atom. The molecular weight excluding hydrogens is 593 g/mol. The van der Waals surface area contributed by atoms with Crippen molar-refractivity contribution in [1.29, 1.82) is 0 Å². The second kappa shape index (κ2) is 11.5. The largest absolute Gasteiger partial charge is 0.348 e. The number of rotatable bonds is 8. The molecular formula is C28H31Cl2N3O5S2. The summed E-state index contributed by atoms with van der Waals surface area (Å²) < 4.78 is 47.2. The van der Waals surface area contributed by atoms with Gasteiger partial charge in [0.05, 0.1) is 29.8 Å². The van der Waals surface area contributed by atoms with E-state index in [0.717, 1.165) is 11.1 Å². The number of hydrogen-bond acceptors (Lipinski definition) is 6. The molecule has 0 aromatic heterocycles. The maximum Gasteiger partial charge on any atom is 0.251 e. The van der Waals surface area contributed by atoms with E-state index in [2.05, 4.69) is 10.2 Å². The summed E-state index contributed by atoms with van der Waals surface area (Å²) >= 11 is 12.3. The summed E-state index contributed by atoms with van der Waals surface area (Å²) in [6, 6.07) is 21.0. The van der Waals surface area contributed by atoms with Crippen molar-refractivity contribution in [2.75, 3.05) is 35.2 Å². The number of nitrogens with one attached hydrogen (secondary N) is 1. The van der Waals surface area contributed by atoms with Crippen molar-refractivity contribution in [3.8, 4) is 0 Å². The third-order valence-electron chi connectivity index (χ3n) is 7.28. The van der Waals surface area contributed by atoms with Gasteiger partial charge in [0, 0.05) is 40.5 Å². The summed E-state index contributed by atoms with van der Waals surface area (Å²) in [6.45, 7) is 0.943. The van der Waals surface area contributed by atoms with Crippen molar-refractivity contribution in [3.05, 3.63) is 99.5 Å². The minimum absolute atomic E-state index is 0.122. The lowest BCUT2D eigenvalue weighted by Crippen LogP contribution is -2.61. The molecule has 3 N–H and O–H groups in total. The number of sulfonamides is 1. The Morgan fingerprint density at radius 2 is 1.57 bits per heavy atom. The summed E-state index contributed by atoms with van der Waals surface area (Å²) in [5.74, 6) is 0.0254. The fourth-order valence-electron chi connectivity index (χ4n) is 5.41. The third kappa shape index (κ3) is 6.60. The van der Waals surface area contributed by atoms with Gasteiger partial charge in [0.1, 0.15) is 0 Å². The molecule has 12 heteroatoms. The zero-order chi connectivity index (χ0) is 28.7. The van der Waals surface area contributed by atoms with Gasteiger partial charge in [-0.3, -0.25) is 23.1 Å². The molecule has 1 atom stereocenters. The number of carbonyl (C=O) groups is 1. The van der Waals surface area contributed by atoms with E-state index < -0.39 is 20.6 Å². The number of carbonyl (C=O) groups excluding carboxylic acids is 1. The predicted molar refractivity (Wildman–Crippen MR) is 162 cm³/mol. The van der Waals surface area contributed by atoms with E-state index in [4.69, 9.17) is 23.2 Å². The summed E-state index contributed by atoms with van der Waals surface area (Å²) in [5.41, 5.74) is 2.77. The number of amides is 1. The van der Waals surface area contributed by atoms with Gasteiger partial charge in [-0.25, -0.2) is 8.42 Å². The van der Waals surface area contributed by atoms with E-state index in [1.165, 1.54) is 10.6 Å². The van der Waals surface area contributed by atoms with Crippen molar-refractivity contribution in [2.24, 2.45) is 0 Å². The molecule has 2 aliphatic heterocycles. The van der Waals surface area contributed by atoms with Crippen LogP contribution in [0.4, 0.5) is 5.69 Å². The minimum Gasteiger partial charge on any atom is -0.348 e. The lowest BCUT2D eigenvalue weighted by molar-refractivity contribution is 0.0941. The molecule has 0 bridgehead atoms. The highest BCUT2D eigenvalue weighted by Gasteiger charge is 2.41. The quantitative estimate of drug-likeness (QED) is 0.306. The summed E-state index contributed by atoms with van der Waals surface area (Å²) in [6.07, 6.45) is 1.66. The molecule has 214 valence electrons. The molecule has 2 aliphatic rings. The molecule has 0 aliphatic carbocycles. The number of anilines is 1. The Morgan fingerprint density at radius 3 is 2.08 bits per heavy atom. The van der Waals surface area contributed by atoms with Gasteiger partial charge in [0.25, 0.3) is 5.91 Å². The highest BCUT2D eigenvalue weighted by molar-refractivity contribution is 8.24. The highest BCUT2D eigenvalue weighted by Crippen LogP contribution is 2.45. The number of halogens is 2. The first-order chi connectivity index (χ1) is 18.9. The molecule has 3 aromatic rings. The van der Waals surface area contributed by atoms with E-state index in [1.807, 2.05) is 48.5 Å². The lowest BCUT2D eigenvalue weighted by atomic mass is 9.93. The maximum atomic E-state index is 13.0. The molecule has 5 rings (SSSR count). The molecule has 3 aromatic carbocycles. The van der Waals surface area contributed by atoms with Crippen LogP contribution in [0.5, 0.6) is 0 Å². The minimum atomic E-state index is -3.67. The van der Waals surface area contributed by atoms with E-state index in [0.29, 0.717) is 40.8 Å². The van der Waals surface area contributed by atoms with Gasteiger partial charge in [-0.05, 0) is 60.0 Å². The van der Waals surface area contributed by atoms with Crippen LogP contribution in [-0.4, -0.2) is 71.3 Å². The van der Waals surface area contributed by atoms with E-state index >= 15 is 0 Å². The van der Waals surface area contributed by atoms with Crippen LogP contribution < -0.4 is 9.62 Å². The molecule has 0 radical (unpaired) electrons. The van der Waals surface area contributed by atoms with Gasteiger partial charge in [0.2, 0.25) is 10.0 Å². The second-order valence-electron chi connectivity index (χ2n) is 10.4. The molecule has 0 saturated carbocycles. The van der Waals surface area contributed by atoms with Gasteiger partial charge in [0.15, 0.2) is 0 Å². The molecule has 2 fully saturated rings. The molecule has 0 spiro atoms. The number of likely N-dealkylation sites (tertiary alicyclic amines) is 1. The van der Waals surface area contributed by atoms with Crippen LogP contribution in [0.1, 0.15) is 33.9 Å². The van der Waals surface area contributed by atoms with Crippen molar-refractivity contribution >= 4 is 55.4 Å². The van der Waals surface area contributed by atoms with Crippen molar-refractivity contribution in [3.63, 3.8) is 0 Å². The van der Waals surface area contributed by atoms with Crippen LogP contribution in [0, 0.1) is 0 Å². The Balaban J connectivity index is 1.36. The summed E-state index contributed by atoms with van der Waals surface area (Å²) in [7, 11) is -6.32. The standard InChI is InChI=1S/C28H31Cl2N3O5S2/c1-39(35,36)33(25-4-2-3-21(15-25)28(34)31-24-13-14-40(37,38)18-24)26-16-32(17-26)27(19-5-9-22(29)10-6-19)20-7-11-23(30)12-8-20/h2-12,15,24,26-27,37-38H,13-14,16-18H2,1H3,(H,31,34). The van der Waals surface area contributed by atoms with Crippen LogP contribution in [0.15, 0.2) is 72.8 Å². The Labute approximate surface area is 246 Å². The zero-order valence-electron chi connectivity index (χ0n) is 21.8. The molecule has 2 saturated heterocycles. The smallest absolute Gasteiger partial charge is 0.251 e. The first-order valence-electron chi connectivity index (χ1n) is 12.8. The molecule has 2 heterocycles. The fraction of sp³-hybridized carbons (Fsp3) is 0.321. The number of nitrogens with zero attached hydrogens (tertiary/aromatic N) is 2. The Hall–Kier alpha value is -2.31. The number of hydrogen-bond donors (Lipinski definition) is 3. The van der Waals surface area contributed by atoms with Crippen molar-refractivity contribution in [1.82, 2.24) is 10.2 Å². The topological polar surface area (TPSA) is 110 Å². The van der Waals surface area contributed by atoms with Gasteiger partial charge >= 0.3 is 0 Å². The average molecular weight is 625 g/mol. The highest BCUT2D eigenvalue weighted by atomic mass is 35.5. The van der Waals surface area contributed by atoms with Crippen LogP contribution in [0.25, 0.3) is 0 Å². The lowest BCUT2D eigenvalue weighted by Gasteiger charge is -2.48. The van der Waals surface area contributed by atoms with E-state index in [-0.39, 0.29) is 35.5 Å². The van der Waals surface area contributed by atoms with Crippen LogP contribution >= 0.6 is 33.8 Å². The second-order valence-corrected chi connectivity index (χ2v) is 15.4. The van der Waals surface area contributed by atoms with Gasteiger partial charge in [-0.1, -0.05) is 53.5 Å². The maximum absolute atomic E-state index is 13.0.